The van der Waals surface area contributed by atoms with Crippen molar-refractivity contribution in [1.29, 1.82) is 0 Å². The molecule has 4 rings (SSSR count). The molecule has 0 atom stereocenters. The predicted octanol–water partition coefficient (Wildman–Crippen LogP) is 4.85. The zero-order valence-electron chi connectivity index (χ0n) is 15.3. The summed E-state index contributed by atoms with van der Waals surface area (Å²) in [6.07, 6.45) is 1.75. The highest BCUT2D eigenvalue weighted by molar-refractivity contribution is 7.17. The van der Waals surface area contributed by atoms with Crippen LogP contribution in [0.25, 0.3) is 11.3 Å². The van der Waals surface area contributed by atoms with Crippen molar-refractivity contribution in [2.75, 3.05) is 31.2 Å². The molecule has 0 radical (unpaired) electrons. The van der Waals surface area contributed by atoms with Crippen molar-refractivity contribution in [2.24, 2.45) is 5.16 Å². The second-order valence-corrected chi connectivity index (χ2v) is 7.75. The first-order chi connectivity index (χ1) is 13.8. The summed E-state index contributed by atoms with van der Waals surface area (Å²) in [6, 6.07) is 17.7. The highest BCUT2D eigenvalue weighted by atomic mass is 35.5. The molecule has 144 valence electrons. The van der Waals surface area contributed by atoms with E-state index in [1.54, 1.807) is 17.6 Å². The minimum Gasteiger partial charge on any atom is -0.391 e. The number of anilines is 1. The first-order valence-corrected chi connectivity index (χ1v) is 10.3. The van der Waals surface area contributed by atoms with Gasteiger partial charge in [-0.15, -0.1) is 0 Å². The Balaban J connectivity index is 1.52. The number of nitrogens with zero attached hydrogens (tertiary/aromatic N) is 3. The largest absolute Gasteiger partial charge is 0.391 e. The number of hydrogen-bond donors (Lipinski definition) is 0. The fraction of sp³-hybridized carbons (Fsp3) is 0.238. The minimum atomic E-state index is 0.392. The molecule has 0 amide bonds. The monoisotopic (exact) mass is 413 g/mol. The van der Waals surface area contributed by atoms with Gasteiger partial charge in [-0.05, 0) is 17.7 Å². The van der Waals surface area contributed by atoms with Gasteiger partial charge in [0.2, 0.25) is 0 Å². The Morgan fingerprint density at radius 1 is 1.11 bits per heavy atom. The van der Waals surface area contributed by atoms with Crippen LogP contribution in [0.5, 0.6) is 0 Å². The third kappa shape index (κ3) is 4.70. The molecule has 0 spiro atoms. The number of rotatable bonds is 6. The summed E-state index contributed by atoms with van der Waals surface area (Å²) < 4.78 is 5.45. The van der Waals surface area contributed by atoms with E-state index in [4.69, 9.17) is 26.2 Å². The normalized spacial score (nSPS) is 14.5. The molecule has 0 aliphatic carbocycles. The van der Waals surface area contributed by atoms with Crippen LogP contribution in [-0.2, 0) is 16.2 Å². The maximum absolute atomic E-state index is 5.91. The van der Waals surface area contributed by atoms with Crippen molar-refractivity contribution >= 4 is 34.3 Å². The molecule has 1 saturated heterocycles. The lowest BCUT2D eigenvalue weighted by molar-refractivity contribution is 0.122. The Labute approximate surface area is 173 Å². The Kier molecular flexibility index (Phi) is 6.21. The van der Waals surface area contributed by atoms with Crippen LogP contribution in [-0.4, -0.2) is 37.5 Å². The summed E-state index contributed by atoms with van der Waals surface area (Å²) in [5, 5.41) is 5.87. The molecule has 28 heavy (non-hydrogen) atoms. The van der Waals surface area contributed by atoms with Gasteiger partial charge < -0.3 is 14.5 Å². The molecular weight excluding hydrogens is 394 g/mol. The number of ether oxygens (including phenoxy) is 1. The number of halogens is 1. The van der Waals surface area contributed by atoms with E-state index >= 15 is 0 Å². The Bertz CT molecular complexity index is 923. The maximum atomic E-state index is 5.91. The van der Waals surface area contributed by atoms with Crippen molar-refractivity contribution < 1.29 is 9.57 Å². The molecule has 1 aliphatic heterocycles. The number of benzene rings is 2. The fourth-order valence-corrected chi connectivity index (χ4v) is 4.01. The van der Waals surface area contributed by atoms with E-state index in [1.807, 2.05) is 42.5 Å². The van der Waals surface area contributed by atoms with Gasteiger partial charge in [-0.3, -0.25) is 0 Å². The third-order valence-corrected chi connectivity index (χ3v) is 5.66. The molecule has 7 heteroatoms. The molecule has 0 unspecified atom stereocenters. The smallest absolute Gasteiger partial charge is 0.186 e. The summed E-state index contributed by atoms with van der Waals surface area (Å²) in [5.74, 6) is 0. The number of morpholine rings is 1. The minimum absolute atomic E-state index is 0.392. The third-order valence-electron chi connectivity index (χ3n) is 4.36. The number of hydrogen-bond acceptors (Lipinski definition) is 6. The fourth-order valence-electron chi connectivity index (χ4n) is 2.88. The van der Waals surface area contributed by atoms with Crippen molar-refractivity contribution in [2.45, 2.75) is 6.61 Å². The van der Waals surface area contributed by atoms with Gasteiger partial charge in [0.05, 0.1) is 30.0 Å². The highest BCUT2D eigenvalue weighted by Gasteiger charge is 2.18. The van der Waals surface area contributed by atoms with Gasteiger partial charge in [-0.25, -0.2) is 4.98 Å². The lowest BCUT2D eigenvalue weighted by Crippen LogP contribution is -2.36. The van der Waals surface area contributed by atoms with Crippen LogP contribution in [0.2, 0.25) is 5.02 Å². The van der Waals surface area contributed by atoms with E-state index in [9.17, 15) is 0 Å². The predicted molar refractivity (Wildman–Crippen MR) is 114 cm³/mol. The Hall–Kier alpha value is -2.41. The molecule has 1 aromatic heterocycles. The van der Waals surface area contributed by atoms with Crippen molar-refractivity contribution in [3.05, 3.63) is 70.1 Å². The van der Waals surface area contributed by atoms with Gasteiger partial charge in [0.1, 0.15) is 6.61 Å². The number of oxime groups is 1. The molecule has 0 bridgehead atoms. The Morgan fingerprint density at radius 3 is 2.61 bits per heavy atom. The second-order valence-electron chi connectivity index (χ2n) is 6.31. The van der Waals surface area contributed by atoms with Crippen LogP contribution < -0.4 is 4.90 Å². The van der Waals surface area contributed by atoms with Gasteiger partial charge in [-0.1, -0.05) is 70.6 Å². The molecule has 1 fully saturated rings. The number of aromatic nitrogens is 1. The van der Waals surface area contributed by atoms with E-state index in [2.05, 4.69) is 22.2 Å². The number of thiazole rings is 1. The Morgan fingerprint density at radius 2 is 1.86 bits per heavy atom. The van der Waals surface area contributed by atoms with Gasteiger partial charge in [0.15, 0.2) is 5.13 Å². The average Bonchev–Trinajstić information content (AvgIpc) is 3.18. The summed E-state index contributed by atoms with van der Waals surface area (Å²) in [5.41, 5.74) is 3.01. The van der Waals surface area contributed by atoms with Crippen molar-refractivity contribution in [3.8, 4) is 11.3 Å². The first kappa shape index (κ1) is 18.9. The average molecular weight is 414 g/mol. The highest BCUT2D eigenvalue weighted by Crippen LogP contribution is 2.32. The standard InChI is InChI=1S/C21H20ClN3O2S/c22-18-8-6-16(7-9-18)15-27-23-14-19-20(17-4-2-1-3-5-17)24-21(28-19)25-10-12-26-13-11-25/h1-9,14H,10-13,15H2. The van der Waals surface area contributed by atoms with Crippen molar-refractivity contribution in [1.82, 2.24) is 4.98 Å². The van der Waals surface area contributed by atoms with Crippen LogP contribution >= 0.6 is 22.9 Å². The van der Waals surface area contributed by atoms with Gasteiger partial charge >= 0.3 is 0 Å². The van der Waals surface area contributed by atoms with E-state index in [1.165, 1.54) is 0 Å². The molecule has 2 heterocycles. The zero-order chi connectivity index (χ0) is 19.2. The molecule has 2 aromatic carbocycles. The zero-order valence-corrected chi connectivity index (χ0v) is 16.8. The quantitative estimate of drug-likeness (QED) is 0.428. The summed E-state index contributed by atoms with van der Waals surface area (Å²) in [6.45, 7) is 3.56. The first-order valence-electron chi connectivity index (χ1n) is 9.08. The van der Waals surface area contributed by atoms with Gasteiger partial charge in [-0.2, -0.15) is 0 Å². The topological polar surface area (TPSA) is 47.0 Å². The van der Waals surface area contributed by atoms with Gasteiger partial charge in [0, 0.05) is 23.7 Å². The summed E-state index contributed by atoms with van der Waals surface area (Å²) in [7, 11) is 0. The van der Waals surface area contributed by atoms with Crippen LogP contribution in [0.4, 0.5) is 5.13 Å². The molecule has 1 aliphatic rings. The van der Waals surface area contributed by atoms with Crippen LogP contribution in [0.3, 0.4) is 0 Å². The maximum Gasteiger partial charge on any atom is 0.186 e. The van der Waals surface area contributed by atoms with E-state index in [0.29, 0.717) is 11.6 Å². The van der Waals surface area contributed by atoms with Crippen LogP contribution in [0.1, 0.15) is 10.4 Å². The molecular formula is C21H20ClN3O2S. The molecule has 5 nitrogen and oxygen atoms in total. The lowest BCUT2D eigenvalue weighted by atomic mass is 10.1. The van der Waals surface area contributed by atoms with E-state index in [-0.39, 0.29) is 0 Å². The van der Waals surface area contributed by atoms with Crippen LogP contribution in [0.15, 0.2) is 59.8 Å². The van der Waals surface area contributed by atoms with E-state index < -0.39 is 0 Å². The summed E-state index contributed by atoms with van der Waals surface area (Å²) in [4.78, 5) is 13.6. The molecule has 0 N–H and O–H groups in total. The van der Waals surface area contributed by atoms with Crippen LogP contribution in [0, 0.1) is 0 Å². The van der Waals surface area contributed by atoms with E-state index in [0.717, 1.165) is 53.1 Å². The van der Waals surface area contributed by atoms with Gasteiger partial charge in [0.25, 0.3) is 0 Å². The molecule has 3 aromatic rings. The van der Waals surface area contributed by atoms with Crippen molar-refractivity contribution in [3.63, 3.8) is 0 Å². The lowest BCUT2D eigenvalue weighted by Gasteiger charge is -2.26. The second kappa shape index (κ2) is 9.19. The molecule has 0 saturated carbocycles. The summed E-state index contributed by atoms with van der Waals surface area (Å²) >= 11 is 7.53. The SMILES string of the molecule is Clc1ccc(CON=Cc2sc(N3CCOCC3)nc2-c2ccccc2)cc1.